The average molecular weight is 386 g/mol. The van der Waals surface area contributed by atoms with Crippen LogP contribution in [0.15, 0.2) is 36.7 Å². The Balaban J connectivity index is 1.58. The van der Waals surface area contributed by atoms with Gasteiger partial charge in [0.25, 0.3) is 5.91 Å². The second kappa shape index (κ2) is 7.01. The van der Waals surface area contributed by atoms with Crippen LogP contribution in [0.25, 0.3) is 0 Å². The predicted octanol–water partition coefficient (Wildman–Crippen LogP) is 2.12. The molecule has 0 aromatic carbocycles. The summed E-state index contributed by atoms with van der Waals surface area (Å²) in [6.45, 7) is 3.11. The number of rotatable bonds is 5. The Hall–Kier alpha value is -2.32. The predicted molar refractivity (Wildman–Crippen MR) is 100 cm³/mol. The van der Waals surface area contributed by atoms with E-state index in [-0.39, 0.29) is 17.7 Å². The van der Waals surface area contributed by atoms with Gasteiger partial charge in [0.2, 0.25) is 10.0 Å². The molecule has 2 aliphatic heterocycles. The van der Waals surface area contributed by atoms with E-state index in [0.29, 0.717) is 25.2 Å². The Morgan fingerprint density at radius 3 is 2.85 bits per heavy atom. The second-order valence-electron chi connectivity index (χ2n) is 6.92. The van der Waals surface area contributed by atoms with E-state index in [1.807, 2.05) is 12.1 Å². The Morgan fingerprint density at radius 1 is 1.26 bits per heavy atom. The number of amides is 1. The van der Waals surface area contributed by atoms with Gasteiger partial charge in [0.05, 0.1) is 35.3 Å². The first-order valence-corrected chi connectivity index (χ1v) is 10.8. The summed E-state index contributed by atoms with van der Waals surface area (Å²) in [4.78, 5) is 23.2. The third kappa shape index (κ3) is 3.35. The molecule has 2 aromatic heterocycles. The van der Waals surface area contributed by atoms with Crippen molar-refractivity contribution in [3.05, 3.63) is 59.2 Å². The molecule has 27 heavy (non-hydrogen) atoms. The van der Waals surface area contributed by atoms with Crippen molar-refractivity contribution in [3.63, 3.8) is 0 Å². The summed E-state index contributed by atoms with van der Waals surface area (Å²) in [5.74, 6) is 0.0450. The fraction of sp³-hybridized carbons (Fsp3) is 0.421. The number of carbonyl (C=O) groups excluding carboxylic acids is 1. The second-order valence-corrected chi connectivity index (χ2v) is 9.13. The summed E-state index contributed by atoms with van der Waals surface area (Å²) >= 11 is 0. The lowest BCUT2D eigenvalue weighted by atomic mass is 10.1. The maximum Gasteiger partial charge on any atom is 0.256 e. The molecule has 2 aliphatic rings. The van der Waals surface area contributed by atoms with E-state index in [1.165, 1.54) is 0 Å². The lowest BCUT2D eigenvalue weighted by molar-refractivity contribution is 0.0766. The van der Waals surface area contributed by atoms with Crippen LogP contribution in [-0.4, -0.2) is 45.8 Å². The summed E-state index contributed by atoms with van der Waals surface area (Å²) < 4.78 is 26.3. The first-order chi connectivity index (χ1) is 13.0. The summed E-state index contributed by atoms with van der Waals surface area (Å²) in [7, 11) is -3.26. The van der Waals surface area contributed by atoms with Crippen molar-refractivity contribution in [2.24, 2.45) is 0 Å². The molecule has 1 saturated heterocycles. The molecular weight excluding hydrogens is 364 g/mol. The fourth-order valence-corrected chi connectivity index (χ4v) is 5.16. The van der Waals surface area contributed by atoms with Crippen molar-refractivity contribution >= 4 is 15.9 Å². The van der Waals surface area contributed by atoms with E-state index in [9.17, 15) is 13.2 Å². The summed E-state index contributed by atoms with van der Waals surface area (Å²) in [6, 6.07) is 7.15. The number of carbonyl (C=O) groups is 1. The third-order valence-electron chi connectivity index (χ3n) is 5.22. The van der Waals surface area contributed by atoms with Crippen molar-refractivity contribution in [3.8, 4) is 0 Å². The SMILES string of the molecule is CCS(=O)(=O)N1CCCC1c1ccc2c(n1)CN(Cc1cccnc1)C2=O. The minimum absolute atomic E-state index is 0.0441. The van der Waals surface area contributed by atoms with Gasteiger partial charge in [0.15, 0.2) is 0 Å². The van der Waals surface area contributed by atoms with E-state index in [4.69, 9.17) is 4.98 Å². The van der Waals surface area contributed by atoms with Crippen LogP contribution in [0.5, 0.6) is 0 Å². The molecule has 8 heteroatoms. The standard InChI is InChI=1S/C19H22N4O3S/c1-2-27(25,26)23-10-4-6-18(23)16-8-7-15-17(21-16)13-22(19(15)24)12-14-5-3-9-20-11-14/h3,5,7-9,11,18H,2,4,6,10,12-13H2,1H3. The molecule has 1 amide bonds. The van der Waals surface area contributed by atoms with Crippen LogP contribution in [0.4, 0.5) is 0 Å². The zero-order valence-electron chi connectivity index (χ0n) is 15.2. The normalized spacial score (nSPS) is 20.3. The zero-order valence-corrected chi connectivity index (χ0v) is 16.0. The van der Waals surface area contributed by atoms with Crippen molar-refractivity contribution in [2.75, 3.05) is 12.3 Å². The number of aromatic nitrogens is 2. The number of hydrogen-bond acceptors (Lipinski definition) is 5. The van der Waals surface area contributed by atoms with Gasteiger partial charge < -0.3 is 4.90 Å². The number of fused-ring (bicyclic) bond motifs is 1. The Bertz CT molecular complexity index is 962. The van der Waals surface area contributed by atoms with Crippen LogP contribution in [0, 0.1) is 0 Å². The van der Waals surface area contributed by atoms with Crippen molar-refractivity contribution in [2.45, 2.75) is 38.9 Å². The summed E-state index contributed by atoms with van der Waals surface area (Å²) in [5.41, 5.74) is 3.03. The quantitative estimate of drug-likeness (QED) is 0.786. The van der Waals surface area contributed by atoms with Crippen LogP contribution >= 0.6 is 0 Å². The molecule has 1 fully saturated rings. The van der Waals surface area contributed by atoms with Crippen molar-refractivity contribution < 1.29 is 13.2 Å². The summed E-state index contributed by atoms with van der Waals surface area (Å²) in [5, 5.41) is 0. The third-order valence-corrected chi connectivity index (χ3v) is 7.10. The van der Waals surface area contributed by atoms with Crippen molar-refractivity contribution in [1.29, 1.82) is 0 Å². The number of pyridine rings is 2. The van der Waals surface area contributed by atoms with Crippen LogP contribution in [0.2, 0.25) is 0 Å². The number of hydrogen-bond donors (Lipinski definition) is 0. The average Bonchev–Trinajstić information content (AvgIpc) is 3.28. The van der Waals surface area contributed by atoms with Gasteiger partial charge in [-0.2, -0.15) is 4.31 Å². The van der Waals surface area contributed by atoms with Gasteiger partial charge in [0, 0.05) is 25.5 Å². The molecule has 7 nitrogen and oxygen atoms in total. The van der Waals surface area contributed by atoms with E-state index < -0.39 is 10.0 Å². The highest BCUT2D eigenvalue weighted by atomic mass is 32.2. The van der Waals surface area contributed by atoms with Gasteiger partial charge >= 0.3 is 0 Å². The molecule has 142 valence electrons. The van der Waals surface area contributed by atoms with Gasteiger partial charge in [-0.3, -0.25) is 14.8 Å². The van der Waals surface area contributed by atoms with Crippen LogP contribution < -0.4 is 0 Å². The minimum Gasteiger partial charge on any atom is -0.328 e. The zero-order chi connectivity index (χ0) is 19.0. The van der Waals surface area contributed by atoms with Crippen LogP contribution in [-0.2, 0) is 23.1 Å². The molecular formula is C19H22N4O3S. The highest BCUT2D eigenvalue weighted by molar-refractivity contribution is 7.89. The lowest BCUT2D eigenvalue weighted by Crippen LogP contribution is -2.32. The monoisotopic (exact) mass is 386 g/mol. The number of sulfonamides is 1. The van der Waals surface area contributed by atoms with Gasteiger partial charge in [0.1, 0.15) is 0 Å². The minimum atomic E-state index is -3.26. The highest BCUT2D eigenvalue weighted by Crippen LogP contribution is 2.35. The van der Waals surface area contributed by atoms with Gasteiger partial charge in [-0.25, -0.2) is 8.42 Å². The molecule has 0 saturated carbocycles. The topological polar surface area (TPSA) is 83.5 Å². The van der Waals surface area contributed by atoms with Gasteiger partial charge in [-0.05, 0) is 43.5 Å². The molecule has 0 spiro atoms. The molecule has 0 N–H and O–H groups in total. The maximum atomic E-state index is 12.7. The van der Waals surface area contributed by atoms with Gasteiger partial charge in [-0.1, -0.05) is 6.07 Å². The van der Waals surface area contributed by atoms with E-state index in [2.05, 4.69) is 4.98 Å². The highest BCUT2D eigenvalue weighted by Gasteiger charge is 2.36. The van der Waals surface area contributed by atoms with Gasteiger partial charge in [-0.15, -0.1) is 0 Å². The molecule has 4 rings (SSSR count). The Kier molecular flexibility index (Phi) is 4.69. The first kappa shape index (κ1) is 18.1. The van der Waals surface area contributed by atoms with Crippen LogP contribution in [0.3, 0.4) is 0 Å². The first-order valence-electron chi connectivity index (χ1n) is 9.17. The van der Waals surface area contributed by atoms with E-state index in [1.54, 1.807) is 40.7 Å². The summed E-state index contributed by atoms with van der Waals surface area (Å²) in [6.07, 6.45) is 5.05. The van der Waals surface area contributed by atoms with E-state index >= 15 is 0 Å². The van der Waals surface area contributed by atoms with Crippen LogP contribution in [0.1, 0.15) is 53.1 Å². The molecule has 2 aromatic rings. The smallest absolute Gasteiger partial charge is 0.256 e. The number of nitrogens with zero attached hydrogens (tertiary/aromatic N) is 4. The molecule has 1 atom stereocenters. The van der Waals surface area contributed by atoms with Crippen molar-refractivity contribution in [1.82, 2.24) is 19.2 Å². The molecule has 0 bridgehead atoms. The van der Waals surface area contributed by atoms with E-state index in [0.717, 1.165) is 29.8 Å². The molecule has 4 heterocycles. The molecule has 0 aliphatic carbocycles. The lowest BCUT2D eigenvalue weighted by Gasteiger charge is -2.23. The molecule has 0 radical (unpaired) electrons. The Morgan fingerprint density at radius 2 is 2.11 bits per heavy atom. The largest absolute Gasteiger partial charge is 0.328 e. The fourth-order valence-electron chi connectivity index (χ4n) is 3.82. The Labute approximate surface area is 159 Å². The molecule has 1 unspecified atom stereocenters. The maximum absolute atomic E-state index is 12.7.